The second kappa shape index (κ2) is 4.32. The molecule has 1 aromatic heterocycles. The van der Waals surface area contributed by atoms with E-state index >= 15 is 0 Å². The zero-order valence-electron chi connectivity index (χ0n) is 10.4. The molecule has 1 saturated heterocycles. The maximum Gasteiger partial charge on any atom is 0.152 e. The Morgan fingerprint density at radius 3 is 2.88 bits per heavy atom. The Bertz CT molecular complexity index is 375. The van der Waals surface area contributed by atoms with Crippen molar-refractivity contribution in [1.82, 2.24) is 4.98 Å². The van der Waals surface area contributed by atoms with Gasteiger partial charge in [0, 0.05) is 18.8 Å². The Kier molecular flexibility index (Phi) is 3.03. The van der Waals surface area contributed by atoms with Crippen LogP contribution >= 0.6 is 0 Å². The summed E-state index contributed by atoms with van der Waals surface area (Å²) >= 11 is 0. The van der Waals surface area contributed by atoms with Crippen molar-refractivity contribution in [1.29, 1.82) is 0 Å². The molecule has 2 atom stereocenters. The highest BCUT2D eigenvalue weighted by Gasteiger charge is 2.25. The lowest BCUT2D eigenvalue weighted by Gasteiger charge is -2.38. The maximum absolute atomic E-state index is 6.12. The predicted octanol–water partition coefficient (Wildman–Crippen LogP) is 2.60. The van der Waals surface area contributed by atoms with Crippen LogP contribution in [0.2, 0.25) is 0 Å². The lowest BCUT2D eigenvalue weighted by atomic mass is 9.95. The molecular weight excluding hydrogens is 198 g/mol. The molecule has 2 N–H and O–H groups in total. The molecule has 1 aromatic rings. The van der Waals surface area contributed by atoms with Crippen LogP contribution in [0.1, 0.15) is 32.3 Å². The third-order valence-corrected chi connectivity index (χ3v) is 3.58. The number of anilines is 2. The van der Waals surface area contributed by atoms with Crippen molar-refractivity contribution >= 4 is 11.5 Å². The van der Waals surface area contributed by atoms with Gasteiger partial charge in [-0.3, -0.25) is 0 Å². The van der Waals surface area contributed by atoms with Gasteiger partial charge in [0.2, 0.25) is 0 Å². The van der Waals surface area contributed by atoms with E-state index in [4.69, 9.17) is 5.73 Å². The van der Waals surface area contributed by atoms with Gasteiger partial charge in [0.25, 0.3) is 0 Å². The third kappa shape index (κ3) is 1.99. The summed E-state index contributed by atoms with van der Waals surface area (Å²) in [5, 5.41) is 0. The largest absolute Gasteiger partial charge is 0.396 e. The highest BCUT2D eigenvalue weighted by molar-refractivity contribution is 5.66. The van der Waals surface area contributed by atoms with Crippen LogP contribution < -0.4 is 10.6 Å². The SMILES string of the molecule is Cc1ccnc(N2CC(C)CCC2C)c1N. The number of piperidine rings is 1. The molecule has 0 aromatic carbocycles. The van der Waals surface area contributed by atoms with Crippen LogP contribution in [-0.2, 0) is 0 Å². The van der Waals surface area contributed by atoms with Crippen molar-refractivity contribution in [3.8, 4) is 0 Å². The number of rotatable bonds is 1. The minimum Gasteiger partial charge on any atom is -0.396 e. The molecule has 0 spiro atoms. The number of nitrogens with two attached hydrogens (primary N) is 1. The third-order valence-electron chi connectivity index (χ3n) is 3.58. The number of aromatic nitrogens is 1. The first-order valence-electron chi connectivity index (χ1n) is 6.07. The molecule has 0 saturated carbocycles. The van der Waals surface area contributed by atoms with Gasteiger partial charge >= 0.3 is 0 Å². The van der Waals surface area contributed by atoms with Gasteiger partial charge in [-0.25, -0.2) is 4.98 Å². The Balaban J connectivity index is 2.31. The second-order valence-corrected chi connectivity index (χ2v) is 5.05. The van der Waals surface area contributed by atoms with Gasteiger partial charge in [-0.15, -0.1) is 0 Å². The first-order chi connectivity index (χ1) is 7.59. The fourth-order valence-corrected chi connectivity index (χ4v) is 2.37. The molecule has 2 unspecified atom stereocenters. The highest BCUT2D eigenvalue weighted by Crippen LogP contribution is 2.30. The zero-order chi connectivity index (χ0) is 11.7. The Hall–Kier alpha value is -1.25. The Labute approximate surface area is 97.7 Å². The van der Waals surface area contributed by atoms with E-state index in [-0.39, 0.29) is 0 Å². The molecule has 0 aliphatic carbocycles. The minimum atomic E-state index is 0.549. The van der Waals surface area contributed by atoms with Gasteiger partial charge in [-0.05, 0) is 44.2 Å². The molecule has 2 heterocycles. The number of nitrogens with zero attached hydrogens (tertiary/aromatic N) is 2. The van der Waals surface area contributed by atoms with Crippen molar-refractivity contribution in [3.05, 3.63) is 17.8 Å². The molecule has 0 radical (unpaired) electrons. The van der Waals surface area contributed by atoms with Crippen LogP contribution in [0.3, 0.4) is 0 Å². The molecule has 3 heteroatoms. The van der Waals surface area contributed by atoms with Crippen molar-refractivity contribution in [2.24, 2.45) is 5.92 Å². The van der Waals surface area contributed by atoms with Crippen LogP contribution in [0.25, 0.3) is 0 Å². The van der Waals surface area contributed by atoms with E-state index in [1.165, 1.54) is 12.8 Å². The second-order valence-electron chi connectivity index (χ2n) is 5.05. The topological polar surface area (TPSA) is 42.2 Å². The number of pyridine rings is 1. The van der Waals surface area contributed by atoms with Gasteiger partial charge in [-0.1, -0.05) is 6.92 Å². The van der Waals surface area contributed by atoms with Gasteiger partial charge in [0.1, 0.15) is 0 Å². The zero-order valence-corrected chi connectivity index (χ0v) is 10.4. The summed E-state index contributed by atoms with van der Waals surface area (Å²) in [4.78, 5) is 6.81. The smallest absolute Gasteiger partial charge is 0.152 e. The molecule has 1 fully saturated rings. The van der Waals surface area contributed by atoms with E-state index in [0.29, 0.717) is 6.04 Å². The summed E-state index contributed by atoms with van der Waals surface area (Å²) in [6.07, 6.45) is 4.40. The summed E-state index contributed by atoms with van der Waals surface area (Å²) in [6, 6.07) is 2.52. The van der Waals surface area contributed by atoms with Gasteiger partial charge in [0.05, 0.1) is 5.69 Å². The monoisotopic (exact) mass is 219 g/mol. The molecule has 0 amide bonds. The van der Waals surface area contributed by atoms with Crippen LogP contribution in [0, 0.1) is 12.8 Å². The summed E-state index contributed by atoms with van der Waals surface area (Å²) in [7, 11) is 0. The average Bonchev–Trinajstić information content (AvgIpc) is 2.26. The highest BCUT2D eigenvalue weighted by atomic mass is 15.2. The van der Waals surface area contributed by atoms with E-state index in [1.807, 2.05) is 19.2 Å². The number of nitrogen functional groups attached to an aromatic ring is 1. The first-order valence-corrected chi connectivity index (χ1v) is 6.07. The van der Waals surface area contributed by atoms with Crippen molar-refractivity contribution < 1.29 is 0 Å². The molecular formula is C13H21N3. The summed E-state index contributed by atoms with van der Waals surface area (Å²) in [5.41, 5.74) is 8.07. The average molecular weight is 219 g/mol. The van der Waals surface area contributed by atoms with Crippen LogP contribution in [-0.4, -0.2) is 17.6 Å². The van der Waals surface area contributed by atoms with Crippen molar-refractivity contribution in [2.75, 3.05) is 17.2 Å². The van der Waals surface area contributed by atoms with Crippen LogP contribution in [0.5, 0.6) is 0 Å². The summed E-state index contributed by atoms with van der Waals surface area (Å²) < 4.78 is 0. The molecule has 3 nitrogen and oxygen atoms in total. The summed E-state index contributed by atoms with van der Waals surface area (Å²) in [5.74, 6) is 1.71. The van der Waals surface area contributed by atoms with E-state index in [9.17, 15) is 0 Å². The van der Waals surface area contributed by atoms with Gasteiger partial charge in [-0.2, -0.15) is 0 Å². The molecule has 16 heavy (non-hydrogen) atoms. The van der Waals surface area contributed by atoms with Crippen molar-refractivity contribution in [3.63, 3.8) is 0 Å². The lowest BCUT2D eigenvalue weighted by molar-refractivity contribution is 0.388. The Morgan fingerprint density at radius 2 is 2.12 bits per heavy atom. The lowest BCUT2D eigenvalue weighted by Crippen LogP contribution is -2.42. The van der Waals surface area contributed by atoms with Crippen LogP contribution in [0.15, 0.2) is 12.3 Å². The normalized spacial score (nSPS) is 25.8. The predicted molar refractivity (Wildman–Crippen MR) is 68.6 cm³/mol. The van der Waals surface area contributed by atoms with E-state index in [2.05, 4.69) is 23.7 Å². The first kappa shape index (κ1) is 11.2. The molecule has 2 rings (SSSR count). The maximum atomic E-state index is 6.12. The fourth-order valence-electron chi connectivity index (χ4n) is 2.37. The number of aryl methyl sites for hydroxylation is 1. The van der Waals surface area contributed by atoms with Crippen molar-refractivity contribution in [2.45, 2.75) is 39.7 Å². The van der Waals surface area contributed by atoms with E-state index < -0.39 is 0 Å². The molecule has 88 valence electrons. The molecule has 1 aliphatic rings. The quantitative estimate of drug-likeness (QED) is 0.789. The molecule has 0 bridgehead atoms. The minimum absolute atomic E-state index is 0.549. The fraction of sp³-hybridized carbons (Fsp3) is 0.615. The van der Waals surface area contributed by atoms with E-state index in [0.717, 1.165) is 29.5 Å². The Morgan fingerprint density at radius 1 is 1.38 bits per heavy atom. The molecule has 1 aliphatic heterocycles. The number of hydrogen-bond donors (Lipinski definition) is 1. The van der Waals surface area contributed by atoms with Gasteiger partial charge < -0.3 is 10.6 Å². The number of hydrogen-bond acceptors (Lipinski definition) is 3. The van der Waals surface area contributed by atoms with E-state index in [1.54, 1.807) is 0 Å². The van der Waals surface area contributed by atoms with Gasteiger partial charge in [0.15, 0.2) is 5.82 Å². The standard InChI is InChI=1S/C13H21N3/c1-9-4-5-11(3)16(8-9)13-12(14)10(2)6-7-15-13/h6-7,9,11H,4-5,8,14H2,1-3H3. The van der Waals surface area contributed by atoms with Crippen LogP contribution in [0.4, 0.5) is 11.5 Å². The summed E-state index contributed by atoms with van der Waals surface area (Å²) in [6.45, 7) is 7.67.